The zero-order valence-corrected chi connectivity index (χ0v) is 6.50. The van der Waals surface area contributed by atoms with Crippen molar-refractivity contribution in [1.82, 2.24) is 0 Å². The summed E-state index contributed by atoms with van der Waals surface area (Å²) in [4.78, 5) is 9.77. The first kappa shape index (κ1) is 9.43. The fraction of sp³-hybridized carbons (Fsp3) is 0.857. The summed E-state index contributed by atoms with van der Waals surface area (Å²) >= 11 is 0. The molecule has 0 aromatic rings. The smallest absolute Gasteiger partial charge is 0.293 e. The topological polar surface area (TPSA) is 35.5 Å². The summed E-state index contributed by atoms with van der Waals surface area (Å²) in [5, 5.41) is 0. The third kappa shape index (κ3) is 5.56. The lowest BCUT2D eigenvalue weighted by molar-refractivity contribution is -0.135. The van der Waals surface area contributed by atoms with Crippen LogP contribution >= 0.6 is 0 Å². The third-order valence-corrected chi connectivity index (χ3v) is 0.989. The number of rotatable bonds is 6. The Labute approximate surface area is 61.3 Å². The number of carbonyl (C=O) groups excluding carboxylic acids is 1. The molecule has 3 nitrogen and oxygen atoms in total. The molecule has 0 saturated heterocycles. The fourth-order valence-electron chi connectivity index (χ4n) is 0.528. The minimum absolute atomic E-state index is 0.121. The van der Waals surface area contributed by atoms with Gasteiger partial charge in [-0.2, -0.15) is 0 Å². The molecule has 0 aliphatic carbocycles. The molecule has 0 heterocycles. The molecule has 0 fully saturated rings. The van der Waals surface area contributed by atoms with Crippen LogP contribution in [0.3, 0.4) is 0 Å². The highest BCUT2D eigenvalue weighted by atomic mass is 16.6. The second kappa shape index (κ2) is 6.55. The van der Waals surface area contributed by atoms with Gasteiger partial charge in [-0.15, -0.1) is 0 Å². The Balaban J connectivity index is 3.04. The van der Waals surface area contributed by atoms with Gasteiger partial charge >= 0.3 is 0 Å². The van der Waals surface area contributed by atoms with Crippen molar-refractivity contribution in [2.75, 3.05) is 13.2 Å². The van der Waals surface area contributed by atoms with E-state index < -0.39 is 0 Å². The predicted molar refractivity (Wildman–Crippen MR) is 37.7 cm³/mol. The summed E-state index contributed by atoms with van der Waals surface area (Å²) in [6.07, 6.45) is 0.873. The third-order valence-electron chi connectivity index (χ3n) is 0.989. The molecule has 0 N–H and O–H groups in total. The molecule has 0 bridgehead atoms. The van der Waals surface area contributed by atoms with E-state index in [-0.39, 0.29) is 6.10 Å². The van der Waals surface area contributed by atoms with Crippen LogP contribution in [0, 0.1) is 0 Å². The normalized spacial score (nSPS) is 12.6. The average Bonchev–Trinajstić information content (AvgIpc) is 1.89. The summed E-state index contributed by atoms with van der Waals surface area (Å²) in [6, 6.07) is 0. The van der Waals surface area contributed by atoms with E-state index in [4.69, 9.17) is 4.74 Å². The Bertz CT molecular complexity index is 82.9. The van der Waals surface area contributed by atoms with E-state index in [2.05, 4.69) is 4.74 Å². The van der Waals surface area contributed by atoms with Gasteiger partial charge in [0.15, 0.2) is 0 Å². The molecule has 0 spiro atoms. The monoisotopic (exact) mass is 146 g/mol. The number of hydrogen-bond donors (Lipinski definition) is 0. The molecule has 0 amide bonds. The van der Waals surface area contributed by atoms with Gasteiger partial charge in [0, 0.05) is 6.61 Å². The van der Waals surface area contributed by atoms with Crippen LogP contribution in [-0.2, 0) is 14.3 Å². The van der Waals surface area contributed by atoms with E-state index in [1.54, 1.807) is 6.92 Å². The molecule has 3 heteroatoms. The first-order chi connectivity index (χ1) is 4.81. The van der Waals surface area contributed by atoms with Crippen LogP contribution in [-0.4, -0.2) is 25.8 Å². The zero-order valence-electron chi connectivity index (χ0n) is 6.50. The molecule has 1 unspecified atom stereocenters. The van der Waals surface area contributed by atoms with Crippen LogP contribution in [0.25, 0.3) is 0 Å². The van der Waals surface area contributed by atoms with Crippen molar-refractivity contribution in [1.29, 1.82) is 0 Å². The summed E-state index contributed by atoms with van der Waals surface area (Å²) in [7, 11) is 0. The SMILES string of the molecule is CCCOCC(C)OC=O. The van der Waals surface area contributed by atoms with Gasteiger partial charge in [0.05, 0.1) is 6.61 Å². The van der Waals surface area contributed by atoms with Crippen molar-refractivity contribution in [3.63, 3.8) is 0 Å². The van der Waals surface area contributed by atoms with Gasteiger partial charge in [-0.1, -0.05) is 6.92 Å². The van der Waals surface area contributed by atoms with Gasteiger partial charge in [-0.3, -0.25) is 4.79 Å². The Kier molecular flexibility index (Phi) is 6.18. The summed E-state index contributed by atoms with van der Waals surface area (Å²) in [5.74, 6) is 0. The molecule has 0 aliphatic heterocycles. The van der Waals surface area contributed by atoms with Gasteiger partial charge in [-0.25, -0.2) is 0 Å². The maximum absolute atomic E-state index is 9.77. The van der Waals surface area contributed by atoms with E-state index >= 15 is 0 Å². The highest BCUT2D eigenvalue weighted by Gasteiger charge is 1.99. The van der Waals surface area contributed by atoms with Crippen LogP contribution < -0.4 is 0 Å². The zero-order chi connectivity index (χ0) is 7.82. The Morgan fingerprint density at radius 3 is 2.80 bits per heavy atom. The predicted octanol–water partition coefficient (Wildman–Crippen LogP) is 0.974. The standard InChI is InChI=1S/C7H14O3/c1-3-4-9-5-7(2)10-6-8/h6-7H,3-5H2,1-2H3. The number of carbonyl (C=O) groups is 1. The maximum Gasteiger partial charge on any atom is 0.293 e. The molecule has 0 aliphatic rings. The van der Waals surface area contributed by atoms with E-state index in [0.29, 0.717) is 13.1 Å². The van der Waals surface area contributed by atoms with E-state index in [0.717, 1.165) is 13.0 Å². The molecule has 0 rings (SSSR count). The molecule has 10 heavy (non-hydrogen) atoms. The molecule has 0 saturated carbocycles. The molecule has 1 atom stereocenters. The molecular weight excluding hydrogens is 132 g/mol. The maximum atomic E-state index is 9.77. The minimum Gasteiger partial charge on any atom is -0.462 e. The molecular formula is C7H14O3. The van der Waals surface area contributed by atoms with Crippen LogP contribution in [0.5, 0.6) is 0 Å². The fourth-order valence-corrected chi connectivity index (χ4v) is 0.528. The average molecular weight is 146 g/mol. The van der Waals surface area contributed by atoms with Gasteiger partial charge in [0.1, 0.15) is 6.10 Å². The Morgan fingerprint density at radius 2 is 2.30 bits per heavy atom. The van der Waals surface area contributed by atoms with Gasteiger partial charge < -0.3 is 9.47 Å². The van der Waals surface area contributed by atoms with E-state index in [1.807, 2.05) is 6.92 Å². The number of ether oxygens (including phenoxy) is 2. The van der Waals surface area contributed by atoms with Crippen molar-refractivity contribution in [2.24, 2.45) is 0 Å². The minimum atomic E-state index is -0.121. The van der Waals surface area contributed by atoms with E-state index in [1.165, 1.54) is 0 Å². The molecule has 0 aromatic carbocycles. The summed E-state index contributed by atoms with van der Waals surface area (Å²) < 4.78 is 9.70. The summed E-state index contributed by atoms with van der Waals surface area (Å²) in [6.45, 7) is 5.49. The lowest BCUT2D eigenvalue weighted by atomic mass is 10.4. The second-order valence-corrected chi connectivity index (χ2v) is 2.12. The largest absolute Gasteiger partial charge is 0.462 e. The first-order valence-corrected chi connectivity index (χ1v) is 3.48. The van der Waals surface area contributed by atoms with Crippen molar-refractivity contribution in [3.8, 4) is 0 Å². The Morgan fingerprint density at radius 1 is 1.60 bits per heavy atom. The van der Waals surface area contributed by atoms with Crippen LogP contribution in [0.1, 0.15) is 20.3 Å². The molecule has 0 aromatic heterocycles. The van der Waals surface area contributed by atoms with Crippen molar-refractivity contribution < 1.29 is 14.3 Å². The first-order valence-electron chi connectivity index (χ1n) is 3.48. The van der Waals surface area contributed by atoms with Gasteiger partial charge in [0.2, 0.25) is 0 Å². The lowest BCUT2D eigenvalue weighted by Gasteiger charge is -2.08. The number of hydrogen-bond acceptors (Lipinski definition) is 3. The lowest BCUT2D eigenvalue weighted by Crippen LogP contribution is -2.15. The van der Waals surface area contributed by atoms with Crippen molar-refractivity contribution in [3.05, 3.63) is 0 Å². The van der Waals surface area contributed by atoms with Crippen LogP contribution in [0.4, 0.5) is 0 Å². The summed E-state index contributed by atoms with van der Waals surface area (Å²) in [5.41, 5.74) is 0. The highest BCUT2D eigenvalue weighted by molar-refractivity contribution is 5.37. The van der Waals surface area contributed by atoms with E-state index in [9.17, 15) is 4.79 Å². The van der Waals surface area contributed by atoms with Gasteiger partial charge in [-0.05, 0) is 13.3 Å². The molecule has 0 radical (unpaired) electrons. The molecule has 60 valence electrons. The Hall–Kier alpha value is -0.570. The van der Waals surface area contributed by atoms with Crippen molar-refractivity contribution >= 4 is 6.47 Å². The second-order valence-electron chi connectivity index (χ2n) is 2.12. The van der Waals surface area contributed by atoms with Crippen LogP contribution in [0.2, 0.25) is 0 Å². The van der Waals surface area contributed by atoms with Gasteiger partial charge in [0.25, 0.3) is 6.47 Å². The van der Waals surface area contributed by atoms with Crippen LogP contribution in [0.15, 0.2) is 0 Å². The highest BCUT2D eigenvalue weighted by Crippen LogP contribution is 1.89. The quantitative estimate of drug-likeness (QED) is 0.414. The van der Waals surface area contributed by atoms with Crippen molar-refractivity contribution in [2.45, 2.75) is 26.4 Å².